The Hall–Kier alpha value is -2.57. The van der Waals surface area contributed by atoms with Crippen LogP contribution in [-0.4, -0.2) is 47.0 Å². The van der Waals surface area contributed by atoms with E-state index in [9.17, 15) is 14.4 Å². The molecule has 1 aliphatic heterocycles. The van der Waals surface area contributed by atoms with Gasteiger partial charge < -0.3 is 20.6 Å². The van der Waals surface area contributed by atoms with Crippen LogP contribution >= 0.6 is 0 Å². The third-order valence-corrected chi connectivity index (χ3v) is 5.49. The number of likely N-dealkylation sites (tertiary alicyclic amines) is 1. The number of rotatable bonds is 6. The molecule has 2 fully saturated rings. The Balaban J connectivity index is 1.57. The fourth-order valence-corrected chi connectivity index (χ4v) is 3.91. The van der Waals surface area contributed by atoms with Crippen LogP contribution in [0, 0.1) is 5.92 Å². The highest BCUT2D eigenvalue weighted by Gasteiger charge is 2.28. The summed E-state index contributed by atoms with van der Waals surface area (Å²) in [7, 11) is 0. The maximum absolute atomic E-state index is 12.5. The Morgan fingerprint density at radius 2 is 1.85 bits per heavy atom. The Morgan fingerprint density at radius 1 is 1.15 bits per heavy atom. The summed E-state index contributed by atoms with van der Waals surface area (Å²) < 4.78 is 0. The van der Waals surface area contributed by atoms with Gasteiger partial charge in [0.1, 0.15) is 0 Å². The van der Waals surface area contributed by atoms with Crippen LogP contribution in [0.4, 0.5) is 4.79 Å². The minimum absolute atomic E-state index is 0.00885. The third kappa shape index (κ3) is 5.21. The molecule has 0 bridgehead atoms. The molecule has 1 aromatic carbocycles. The molecule has 1 saturated carbocycles. The van der Waals surface area contributed by atoms with E-state index in [1.807, 2.05) is 30.3 Å². The highest BCUT2D eigenvalue weighted by atomic mass is 16.4. The van der Waals surface area contributed by atoms with Gasteiger partial charge >= 0.3 is 12.0 Å². The molecule has 0 spiro atoms. The third-order valence-electron chi connectivity index (χ3n) is 5.49. The molecule has 1 unspecified atom stereocenters. The lowest BCUT2D eigenvalue weighted by Gasteiger charge is -2.29. The van der Waals surface area contributed by atoms with Crippen molar-refractivity contribution < 1.29 is 19.5 Å². The highest BCUT2D eigenvalue weighted by Crippen LogP contribution is 2.24. The normalized spacial score (nSPS) is 23.7. The average molecular weight is 373 g/mol. The minimum Gasteiger partial charge on any atom is -0.481 e. The first-order valence-corrected chi connectivity index (χ1v) is 9.65. The Labute approximate surface area is 159 Å². The summed E-state index contributed by atoms with van der Waals surface area (Å²) in [6, 6.07) is 9.10. The van der Waals surface area contributed by atoms with Crippen LogP contribution in [0.2, 0.25) is 0 Å². The van der Waals surface area contributed by atoms with Gasteiger partial charge in [-0.25, -0.2) is 4.79 Å². The van der Waals surface area contributed by atoms with Crippen molar-refractivity contribution in [1.29, 1.82) is 0 Å². The van der Waals surface area contributed by atoms with Gasteiger partial charge in [0.15, 0.2) is 0 Å². The van der Waals surface area contributed by atoms with Crippen molar-refractivity contribution in [3.63, 3.8) is 0 Å². The van der Waals surface area contributed by atoms with Crippen molar-refractivity contribution in [3.8, 4) is 0 Å². The maximum atomic E-state index is 12.5. The first-order valence-electron chi connectivity index (χ1n) is 9.65. The van der Waals surface area contributed by atoms with Crippen LogP contribution in [0.25, 0.3) is 0 Å². The Morgan fingerprint density at radius 3 is 2.44 bits per heavy atom. The van der Waals surface area contributed by atoms with E-state index in [2.05, 4.69) is 10.6 Å². The van der Waals surface area contributed by atoms with Gasteiger partial charge in [-0.05, 0) is 37.7 Å². The number of aliphatic carboxylic acids is 1. The summed E-state index contributed by atoms with van der Waals surface area (Å²) in [5, 5.41) is 15.0. The van der Waals surface area contributed by atoms with E-state index < -0.39 is 5.97 Å². The quantitative estimate of drug-likeness (QED) is 0.712. The van der Waals surface area contributed by atoms with Crippen molar-refractivity contribution in [1.82, 2.24) is 15.5 Å². The minimum atomic E-state index is -0.752. The van der Waals surface area contributed by atoms with E-state index in [1.165, 1.54) is 0 Å². The van der Waals surface area contributed by atoms with Crippen LogP contribution in [0.15, 0.2) is 30.3 Å². The lowest BCUT2D eigenvalue weighted by molar-refractivity contribution is -0.142. The summed E-state index contributed by atoms with van der Waals surface area (Å²) in [6.45, 7) is 1.19. The second-order valence-corrected chi connectivity index (χ2v) is 7.41. The number of carboxylic acids is 1. The van der Waals surface area contributed by atoms with Crippen molar-refractivity contribution >= 4 is 17.9 Å². The first-order chi connectivity index (χ1) is 13.0. The van der Waals surface area contributed by atoms with Crippen molar-refractivity contribution in [2.75, 3.05) is 13.1 Å². The maximum Gasteiger partial charge on any atom is 0.315 e. The molecule has 1 heterocycles. The standard InChI is InChI=1S/C20H27N3O4/c24-18-7-4-12-23(18)13-17(14-5-2-1-3-6-14)22-20(27)21-16-10-8-15(9-11-16)19(25)26/h1-3,5-6,15-17H,4,7-13H2,(H,25,26)(H2,21,22,27). The van der Waals surface area contributed by atoms with Crippen LogP contribution < -0.4 is 10.6 Å². The van der Waals surface area contributed by atoms with E-state index in [0.717, 1.165) is 18.5 Å². The molecule has 1 saturated heterocycles. The second-order valence-electron chi connectivity index (χ2n) is 7.41. The monoisotopic (exact) mass is 373 g/mol. The van der Waals surface area contributed by atoms with Gasteiger partial charge in [-0.2, -0.15) is 0 Å². The topological polar surface area (TPSA) is 98.7 Å². The Kier molecular flexibility index (Phi) is 6.32. The second kappa shape index (κ2) is 8.88. The van der Waals surface area contributed by atoms with Gasteiger partial charge in [0.25, 0.3) is 0 Å². The van der Waals surface area contributed by atoms with Crippen LogP contribution in [0.5, 0.6) is 0 Å². The molecule has 7 nitrogen and oxygen atoms in total. The molecule has 2 aliphatic rings. The smallest absolute Gasteiger partial charge is 0.315 e. The molecule has 1 aliphatic carbocycles. The molecular weight excluding hydrogens is 346 g/mol. The average Bonchev–Trinajstić information content (AvgIpc) is 3.07. The molecule has 0 radical (unpaired) electrons. The SMILES string of the molecule is O=C(NC1CCC(C(=O)O)CC1)NC(CN1CCCC1=O)c1ccccc1. The predicted molar refractivity (Wildman–Crippen MR) is 100 cm³/mol. The largest absolute Gasteiger partial charge is 0.481 e. The Bertz CT molecular complexity index is 671. The van der Waals surface area contributed by atoms with Crippen molar-refractivity contribution in [2.45, 2.75) is 50.6 Å². The molecule has 1 aromatic rings. The number of carbonyl (C=O) groups is 3. The number of hydrogen-bond acceptors (Lipinski definition) is 3. The molecule has 0 aromatic heterocycles. The zero-order valence-electron chi connectivity index (χ0n) is 15.4. The number of carboxylic acid groups (broad SMARTS) is 1. The summed E-state index contributed by atoms with van der Waals surface area (Å²) in [6.07, 6.45) is 3.95. The van der Waals surface area contributed by atoms with Crippen LogP contribution in [0.1, 0.15) is 50.1 Å². The van der Waals surface area contributed by atoms with Gasteiger partial charge in [-0.1, -0.05) is 30.3 Å². The summed E-state index contributed by atoms with van der Waals surface area (Å²) in [4.78, 5) is 37.3. The predicted octanol–water partition coefficient (Wildman–Crippen LogP) is 2.29. The van der Waals surface area contributed by atoms with Gasteiger partial charge in [-0.15, -0.1) is 0 Å². The first kappa shape index (κ1) is 19.2. The molecule has 27 heavy (non-hydrogen) atoms. The van der Waals surface area contributed by atoms with Crippen molar-refractivity contribution in [2.24, 2.45) is 5.92 Å². The van der Waals surface area contributed by atoms with E-state index in [4.69, 9.17) is 5.11 Å². The number of hydrogen-bond donors (Lipinski definition) is 3. The fraction of sp³-hybridized carbons (Fsp3) is 0.550. The van der Waals surface area contributed by atoms with Crippen LogP contribution in [-0.2, 0) is 9.59 Å². The number of carbonyl (C=O) groups excluding carboxylic acids is 2. The van der Waals surface area contributed by atoms with Gasteiger partial charge in [0.2, 0.25) is 5.91 Å². The van der Waals surface area contributed by atoms with Gasteiger partial charge in [0.05, 0.1) is 12.0 Å². The number of nitrogens with zero attached hydrogens (tertiary/aromatic N) is 1. The number of urea groups is 1. The molecule has 3 N–H and O–H groups in total. The lowest BCUT2D eigenvalue weighted by atomic mass is 9.86. The molecule has 3 amide bonds. The summed E-state index contributed by atoms with van der Waals surface area (Å²) in [5.74, 6) is -0.924. The molecule has 146 valence electrons. The zero-order chi connectivity index (χ0) is 19.2. The van der Waals surface area contributed by atoms with E-state index in [1.54, 1.807) is 4.90 Å². The fourth-order valence-electron chi connectivity index (χ4n) is 3.91. The molecule has 1 atom stereocenters. The van der Waals surface area contributed by atoms with E-state index >= 15 is 0 Å². The molecule has 3 rings (SSSR count). The molecule has 7 heteroatoms. The number of benzene rings is 1. The zero-order valence-corrected chi connectivity index (χ0v) is 15.4. The van der Waals surface area contributed by atoms with Crippen molar-refractivity contribution in [3.05, 3.63) is 35.9 Å². The van der Waals surface area contributed by atoms with E-state index in [0.29, 0.717) is 38.6 Å². The summed E-state index contributed by atoms with van der Waals surface area (Å²) >= 11 is 0. The lowest BCUT2D eigenvalue weighted by Crippen LogP contribution is -2.47. The van der Waals surface area contributed by atoms with Gasteiger partial charge in [0, 0.05) is 25.6 Å². The summed E-state index contributed by atoms with van der Waals surface area (Å²) in [5.41, 5.74) is 0.960. The molecular formula is C20H27N3O4. The highest BCUT2D eigenvalue weighted by molar-refractivity contribution is 5.78. The van der Waals surface area contributed by atoms with Crippen LogP contribution in [0.3, 0.4) is 0 Å². The van der Waals surface area contributed by atoms with E-state index in [-0.39, 0.29) is 29.9 Å². The number of amides is 3. The number of nitrogens with one attached hydrogen (secondary N) is 2. The van der Waals surface area contributed by atoms with Gasteiger partial charge in [-0.3, -0.25) is 9.59 Å².